The normalized spacial score (nSPS) is 26.1. The number of ether oxygens (including phenoxy) is 1. The highest BCUT2D eigenvalue weighted by Gasteiger charge is 2.26. The van der Waals surface area contributed by atoms with Gasteiger partial charge in [-0.3, -0.25) is 5.10 Å². The summed E-state index contributed by atoms with van der Waals surface area (Å²) in [7, 11) is -3.45. The molecule has 0 amide bonds. The minimum Gasteiger partial charge on any atom is -0.378 e. The van der Waals surface area contributed by atoms with Crippen LogP contribution in [0.15, 0.2) is 17.3 Å². The minimum atomic E-state index is -3.45. The molecule has 2 rings (SSSR count). The monoisotopic (exact) mass is 245 g/mol. The summed E-state index contributed by atoms with van der Waals surface area (Å²) >= 11 is 0. The van der Waals surface area contributed by atoms with Crippen LogP contribution >= 0.6 is 0 Å². The van der Waals surface area contributed by atoms with E-state index in [0.29, 0.717) is 13.2 Å². The molecule has 2 atom stereocenters. The fraction of sp³-hybridized carbons (Fsp3) is 0.667. The maximum atomic E-state index is 11.7. The number of hydrogen-bond acceptors (Lipinski definition) is 4. The van der Waals surface area contributed by atoms with Gasteiger partial charge in [0.05, 0.1) is 12.3 Å². The second-order valence-electron chi connectivity index (χ2n) is 3.90. The Kier molecular flexibility index (Phi) is 3.27. The van der Waals surface area contributed by atoms with E-state index in [-0.39, 0.29) is 17.0 Å². The molecule has 6 nitrogen and oxygen atoms in total. The van der Waals surface area contributed by atoms with Crippen LogP contribution in [0.3, 0.4) is 0 Å². The molecule has 0 radical (unpaired) electrons. The van der Waals surface area contributed by atoms with Crippen LogP contribution < -0.4 is 4.72 Å². The van der Waals surface area contributed by atoms with E-state index in [4.69, 9.17) is 4.74 Å². The highest BCUT2D eigenvalue weighted by Crippen LogP contribution is 2.19. The zero-order valence-corrected chi connectivity index (χ0v) is 9.83. The molecule has 0 spiro atoms. The van der Waals surface area contributed by atoms with Crippen molar-refractivity contribution in [2.75, 3.05) is 13.2 Å². The van der Waals surface area contributed by atoms with Crippen molar-refractivity contribution in [3.05, 3.63) is 12.3 Å². The molecule has 2 N–H and O–H groups in total. The van der Waals surface area contributed by atoms with Gasteiger partial charge in [0.2, 0.25) is 0 Å². The van der Waals surface area contributed by atoms with Crippen molar-refractivity contribution in [1.82, 2.24) is 14.9 Å². The largest absolute Gasteiger partial charge is 0.378 e. The van der Waals surface area contributed by atoms with Crippen LogP contribution in [0.4, 0.5) is 0 Å². The maximum absolute atomic E-state index is 11.7. The third-order valence-corrected chi connectivity index (χ3v) is 4.19. The first-order valence-electron chi connectivity index (χ1n) is 5.20. The van der Waals surface area contributed by atoms with Crippen LogP contribution in [-0.4, -0.2) is 37.9 Å². The molecule has 2 heterocycles. The van der Waals surface area contributed by atoms with Gasteiger partial charge in [0, 0.05) is 19.1 Å². The first-order valence-corrected chi connectivity index (χ1v) is 6.68. The molecule has 1 fully saturated rings. The zero-order chi connectivity index (χ0) is 11.6. The average molecular weight is 245 g/mol. The third-order valence-electron chi connectivity index (χ3n) is 2.83. The summed E-state index contributed by atoms with van der Waals surface area (Å²) in [6.07, 6.45) is 2.42. The maximum Gasteiger partial charge on any atom is 0.257 e. The summed E-state index contributed by atoms with van der Waals surface area (Å²) in [5.74, 6) is 0.248. The van der Waals surface area contributed by atoms with Crippen LogP contribution in [0.2, 0.25) is 0 Å². The molecule has 0 saturated carbocycles. The number of rotatable bonds is 4. The lowest BCUT2D eigenvalue weighted by molar-refractivity contribution is 0.107. The van der Waals surface area contributed by atoms with Gasteiger partial charge < -0.3 is 4.74 Å². The number of sulfonamides is 1. The number of aromatic amines is 1. The summed E-state index contributed by atoms with van der Waals surface area (Å²) in [6, 6.07) is 1.43. The summed E-state index contributed by atoms with van der Waals surface area (Å²) in [5.41, 5.74) is 0. The SMILES string of the molecule is CC1OCCC1CNS(=O)(=O)c1ccn[nH]1. The number of hydrogen-bond donors (Lipinski definition) is 2. The van der Waals surface area contributed by atoms with Crippen molar-refractivity contribution in [3.8, 4) is 0 Å². The van der Waals surface area contributed by atoms with Crippen LogP contribution in [0.25, 0.3) is 0 Å². The van der Waals surface area contributed by atoms with Gasteiger partial charge in [-0.1, -0.05) is 0 Å². The van der Waals surface area contributed by atoms with Gasteiger partial charge in [-0.2, -0.15) is 5.10 Å². The van der Waals surface area contributed by atoms with Crippen molar-refractivity contribution in [1.29, 1.82) is 0 Å². The number of H-pyrrole nitrogens is 1. The number of nitrogens with one attached hydrogen (secondary N) is 2. The highest BCUT2D eigenvalue weighted by molar-refractivity contribution is 7.89. The molecule has 1 aliphatic heterocycles. The van der Waals surface area contributed by atoms with E-state index in [0.717, 1.165) is 6.42 Å². The van der Waals surface area contributed by atoms with Crippen molar-refractivity contribution in [2.24, 2.45) is 5.92 Å². The van der Waals surface area contributed by atoms with Crippen molar-refractivity contribution >= 4 is 10.0 Å². The van der Waals surface area contributed by atoms with Gasteiger partial charge in [0.25, 0.3) is 10.0 Å². The molecule has 0 aliphatic carbocycles. The van der Waals surface area contributed by atoms with Crippen LogP contribution in [0.1, 0.15) is 13.3 Å². The lowest BCUT2D eigenvalue weighted by atomic mass is 10.0. The van der Waals surface area contributed by atoms with E-state index in [9.17, 15) is 8.42 Å². The van der Waals surface area contributed by atoms with E-state index < -0.39 is 10.0 Å². The molecular formula is C9H15N3O3S. The molecule has 16 heavy (non-hydrogen) atoms. The van der Waals surface area contributed by atoms with Crippen LogP contribution in [-0.2, 0) is 14.8 Å². The molecule has 2 unspecified atom stereocenters. The first kappa shape index (κ1) is 11.6. The second kappa shape index (κ2) is 4.52. The van der Waals surface area contributed by atoms with Gasteiger partial charge in [0.1, 0.15) is 0 Å². The summed E-state index contributed by atoms with van der Waals surface area (Å²) in [6.45, 7) is 3.07. The molecule has 1 saturated heterocycles. The predicted octanol–water partition coefficient (Wildman–Crippen LogP) is 0.113. The molecular weight excluding hydrogens is 230 g/mol. The fourth-order valence-electron chi connectivity index (χ4n) is 1.73. The summed E-state index contributed by atoms with van der Waals surface area (Å²) < 4.78 is 31.4. The Labute approximate surface area is 94.4 Å². The Balaban J connectivity index is 1.95. The Morgan fingerprint density at radius 1 is 1.69 bits per heavy atom. The van der Waals surface area contributed by atoms with Gasteiger partial charge in [0.15, 0.2) is 5.03 Å². The molecule has 1 aromatic heterocycles. The molecule has 1 aliphatic rings. The van der Waals surface area contributed by atoms with E-state index in [2.05, 4.69) is 14.9 Å². The smallest absolute Gasteiger partial charge is 0.257 e. The Bertz CT molecular complexity index is 429. The van der Waals surface area contributed by atoms with Gasteiger partial charge in [-0.05, 0) is 19.4 Å². The lowest BCUT2D eigenvalue weighted by Gasteiger charge is -2.14. The van der Waals surface area contributed by atoms with Gasteiger partial charge >= 0.3 is 0 Å². The first-order chi connectivity index (χ1) is 7.59. The lowest BCUT2D eigenvalue weighted by Crippen LogP contribution is -2.32. The third kappa shape index (κ3) is 2.42. The predicted molar refractivity (Wildman–Crippen MR) is 57.3 cm³/mol. The molecule has 0 aromatic carbocycles. The van der Waals surface area contributed by atoms with Gasteiger partial charge in [-0.15, -0.1) is 0 Å². The molecule has 90 valence electrons. The summed E-state index contributed by atoms with van der Waals surface area (Å²) in [5, 5.41) is 6.14. The summed E-state index contributed by atoms with van der Waals surface area (Å²) in [4.78, 5) is 0. The molecule has 7 heteroatoms. The second-order valence-corrected chi connectivity index (χ2v) is 5.63. The number of aromatic nitrogens is 2. The van der Waals surface area contributed by atoms with Gasteiger partial charge in [-0.25, -0.2) is 13.1 Å². The zero-order valence-electron chi connectivity index (χ0n) is 9.01. The van der Waals surface area contributed by atoms with E-state index >= 15 is 0 Å². The van der Waals surface area contributed by atoms with Crippen LogP contribution in [0, 0.1) is 5.92 Å². The van der Waals surface area contributed by atoms with E-state index in [1.165, 1.54) is 12.3 Å². The topological polar surface area (TPSA) is 84.1 Å². The van der Waals surface area contributed by atoms with Crippen molar-refractivity contribution in [3.63, 3.8) is 0 Å². The average Bonchev–Trinajstić information content (AvgIpc) is 2.85. The van der Waals surface area contributed by atoms with Crippen LogP contribution in [0.5, 0.6) is 0 Å². The molecule has 0 bridgehead atoms. The number of nitrogens with zero attached hydrogens (tertiary/aromatic N) is 1. The minimum absolute atomic E-state index is 0.0964. The van der Waals surface area contributed by atoms with Crippen molar-refractivity contribution in [2.45, 2.75) is 24.5 Å². The molecule has 1 aromatic rings. The standard InChI is InChI=1S/C9H15N3O3S/c1-7-8(3-5-15-7)6-11-16(13,14)9-2-4-10-12-9/h2,4,7-8,11H,3,5-6H2,1H3,(H,10,12). The Morgan fingerprint density at radius 3 is 3.06 bits per heavy atom. The van der Waals surface area contributed by atoms with Crippen molar-refractivity contribution < 1.29 is 13.2 Å². The quantitative estimate of drug-likeness (QED) is 0.788. The van der Waals surface area contributed by atoms with E-state index in [1.807, 2.05) is 6.92 Å². The Hall–Kier alpha value is -0.920. The van der Waals surface area contributed by atoms with E-state index in [1.54, 1.807) is 0 Å². The highest BCUT2D eigenvalue weighted by atomic mass is 32.2. The Morgan fingerprint density at radius 2 is 2.50 bits per heavy atom. The fourth-order valence-corrected chi connectivity index (χ4v) is 2.73.